The van der Waals surface area contributed by atoms with Gasteiger partial charge in [-0.2, -0.15) is 0 Å². The van der Waals surface area contributed by atoms with E-state index in [0.717, 1.165) is 18.7 Å². The van der Waals surface area contributed by atoms with Gasteiger partial charge in [-0.1, -0.05) is 12.8 Å². The highest BCUT2D eigenvalue weighted by atomic mass is 19.1. The van der Waals surface area contributed by atoms with Gasteiger partial charge in [-0.3, -0.25) is 0 Å². The van der Waals surface area contributed by atoms with Crippen LogP contribution in [0, 0.1) is 18.2 Å². The molecule has 0 heterocycles. The van der Waals surface area contributed by atoms with Crippen molar-refractivity contribution in [3.05, 3.63) is 29.6 Å². The van der Waals surface area contributed by atoms with Gasteiger partial charge >= 0.3 is 0 Å². The molecule has 1 N–H and O–H groups in total. The molecule has 1 rings (SSSR count). The van der Waals surface area contributed by atoms with Crippen LogP contribution in [-0.2, 0) is 0 Å². The van der Waals surface area contributed by atoms with Crippen molar-refractivity contribution in [1.82, 2.24) is 0 Å². The molecule has 0 aliphatic heterocycles. The second kappa shape index (κ2) is 6.27. The maximum absolute atomic E-state index is 13.2. The molecule has 1 atom stereocenters. The zero-order valence-corrected chi connectivity index (χ0v) is 10.3. The largest absolute Gasteiger partial charge is 0.389 e. The molecule has 0 spiro atoms. The maximum Gasteiger partial charge on any atom is 0.123 e. The second-order valence-corrected chi connectivity index (χ2v) is 4.00. The smallest absolute Gasteiger partial charge is 0.123 e. The Balaban J connectivity index is 3.13. The van der Waals surface area contributed by atoms with Crippen LogP contribution in [0.4, 0.5) is 10.1 Å². The average Bonchev–Trinajstić information content (AvgIpc) is 2.28. The molecule has 0 bridgehead atoms. The monoisotopic (exact) mass is 235 g/mol. The van der Waals surface area contributed by atoms with Crippen LogP contribution in [0.1, 0.15) is 31.9 Å². The zero-order chi connectivity index (χ0) is 12.8. The second-order valence-electron chi connectivity index (χ2n) is 4.00. The van der Waals surface area contributed by atoms with Crippen LogP contribution in [0.5, 0.6) is 0 Å². The summed E-state index contributed by atoms with van der Waals surface area (Å²) in [6.45, 7) is 4.92. The lowest BCUT2D eigenvalue weighted by atomic mass is 10.1. The van der Waals surface area contributed by atoms with Gasteiger partial charge < -0.3 is 10.0 Å². The average molecular weight is 235 g/mol. The van der Waals surface area contributed by atoms with Crippen LogP contribution in [0.25, 0.3) is 0 Å². The molecule has 0 fully saturated rings. The van der Waals surface area contributed by atoms with E-state index in [1.54, 1.807) is 13.0 Å². The van der Waals surface area contributed by atoms with E-state index < -0.39 is 6.10 Å². The molecule has 0 amide bonds. The predicted octanol–water partition coefficient (Wildman–Crippen LogP) is 2.73. The van der Waals surface area contributed by atoms with Crippen molar-refractivity contribution in [2.24, 2.45) is 0 Å². The van der Waals surface area contributed by atoms with E-state index in [0.29, 0.717) is 12.1 Å². The minimum atomic E-state index is -0.710. The summed E-state index contributed by atoms with van der Waals surface area (Å²) in [6, 6.07) is 4.42. The minimum absolute atomic E-state index is 0.346. The van der Waals surface area contributed by atoms with Crippen LogP contribution in [0.2, 0.25) is 0 Å². The summed E-state index contributed by atoms with van der Waals surface area (Å²) >= 11 is 0. The summed E-state index contributed by atoms with van der Waals surface area (Å²) in [7, 11) is 0. The molecule has 0 aliphatic carbocycles. The number of hydrogen-bond acceptors (Lipinski definition) is 2. The summed E-state index contributed by atoms with van der Waals surface area (Å²) in [5, 5.41) is 9.67. The van der Waals surface area contributed by atoms with Gasteiger partial charge in [0.2, 0.25) is 0 Å². The fraction of sp³-hybridized carbons (Fsp3) is 0.429. The van der Waals surface area contributed by atoms with Crippen LogP contribution in [0.15, 0.2) is 18.2 Å². The molecular formula is C14H18FNO. The van der Waals surface area contributed by atoms with E-state index in [2.05, 4.69) is 12.8 Å². The summed E-state index contributed by atoms with van der Waals surface area (Å²) in [5.41, 5.74) is 1.38. The van der Waals surface area contributed by atoms with Crippen molar-refractivity contribution in [3.63, 3.8) is 0 Å². The first-order valence-corrected chi connectivity index (χ1v) is 5.76. The lowest BCUT2D eigenvalue weighted by Gasteiger charge is -2.25. The Labute approximate surface area is 102 Å². The molecule has 0 aromatic heterocycles. The number of nitrogens with zero attached hydrogens (tertiary/aromatic N) is 1. The van der Waals surface area contributed by atoms with Crippen LogP contribution >= 0.6 is 0 Å². The zero-order valence-electron chi connectivity index (χ0n) is 10.3. The molecule has 0 saturated heterocycles. The number of halogens is 1. The summed E-state index contributed by atoms with van der Waals surface area (Å²) < 4.78 is 13.2. The number of terminal acetylenes is 1. The van der Waals surface area contributed by atoms with E-state index in [9.17, 15) is 9.50 Å². The van der Waals surface area contributed by atoms with Gasteiger partial charge in [0.1, 0.15) is 5.82 Å². The van der Waals surface area contributed by atoms with Gasteiger partial charge in [-0.25, -0.2) is 4.39 Å². The van der Waals surface area contributed by atoms with Gasteiger partial charge in [0.15, 0.2) is 0 Å². The molecule has 0 aliphatic rings. The molecule has 92 valence electrons. The Kier molecular flexibility index (Phi) is 4.99. The topological polar surface area (TPSA) is 23.5 Å². The molecule has 1 aromatic rings. The first kappa shape index (κ1) is 13.5. The molecule has 0 saturated carbocycles. The van der Waals surface area contributed by atoms with E-state index in [1.165, 1.54) is 12.1 Å². The maximum atomic E-state index is 13.2. The Bertz CT molecular complexity index is 409. The fourth-order valence-electron chi connectivity index (χ4n) is 1.81. The quantitative estimate of drug-likeness (QED) is 0.793. The third-order valence-electron chi connectivity index (χ3n) is 2.56. The Hall–Kier alpha value is -1.53. The standard InChI is InChI=1S/C14H18FNO/c1-4-8-16(9-5-2)14-7-6-12(15)10-13(14)11(3)17/h1,6-7,10-11,17H,5,8-9H2,2-3H3/t11-/m1/s1. The molecule has 1 aromatic carbocycles. The number of benzene rings is 1. The third kappa shape index (κ3) is 3.47. The van der Waals surface area contributed by atoms with Crippen LogP contribution in [0.3, 0.4) is 0 Å². The molecular weight excluding hydrogens is 217 g/mol. The highest BCUT2D eigenvalue weighted by Gasteiger charge is 2.14. The highest BCUT2D eigenvalue weighted by molar-refractivity contribution is 5.55. The Morgan fingerprint density at radius 1 is 1.53 bits per heavy atom. The Morgan fingerprint density at radius 2 is 2.24 bits per heavy atom. The predicted molar refractivity (Wildman–Crippen MR) is 68.4 cm³/mol. The van der Waals surface area contributed by atoms with E-state index in [4.69, 9.17) is 6.42 Å². The lowest BCUT2D eigenvalue weighted by molar-refractivity contribution is 0.199. The van der Waals surface area contributed by atoms with Crippen molar-refractivity contribution < 1.29 is 9.50 Å². The van der Waals surface area contributed by atoms with Crippen LogP contribution in [-0.4, -0.2) is 18.2 Å². The molecule has 0 radical (unpaired) electrons. The van der Waals surface area contributed by atoms with Crippen molar-refractivity contribution in [2.75, 3.05) is 18.0 Å². The van der Waals surface area contributed by atoms with E-state index in [1.807, 2.05) is 4.90 Å². The van der Waals surface area contributed by atoms with E-state index in [-0.39, 0.29) is 5.82 Å². The van der Waals surface area contributed by atoms with Gasteiger partial charge in [0.25, 0.3) is 0 Å². The number of aliphatic hydroxyl groups excluding tert-OH is 1. The normalized spacial score (nSPS) is 11.9. The summed E-state index contributed by atoms with van der Waals surface area (Å²) in [4.78, 5) is 1.97. The van der Waals surface area contributed by atoms with Gasteiger partial charge in [0, 0.05) is 17.8 Å². The summed E-state index contributed by atoms with van der Waals surface area (Å²) in [5.74, 6) is 2.24. The van der Waals surface area contributed by atoms with Gasteiger partial charge in [-0.05, 0) is 31.5 Å². The number of aliphatic hydroxyl groups is 1. The van der Waals surface area contributed by atoms with Crippen molar-refractivity contribution >= 4 is 5.69 Å². The van der Waals surface area contributed by atoms with Crippen LogP contribution < -0.4 is 4.90 Å². The number of anilines is 1. The highest BCUT2D eigenvalue weighted by Crippen LogP contribution is 2.27. The van der Waals surface area contributed by atoms with E-state index >= 15 is 0 Å². The lowest BCUT2D eigenvalue weighted by Crippen LogP contribution is -2.25. The molecule has 3 heteroatoms. The molecule has 17 heavy (non-hydrogen) atoms. The number of hydrogen-bond donors (Lipinski definition) is 1. The summed E-state index contributed by atoms with van der Waals surface area (Å²) in [6.07, 6.45) is 5.56. The fourth-order valence-corrected chi connectivity index (χ4v) is 1.81. The van der Waals surface area contributed by atoms with Gasteiger partial charge in [0.05, 0.1) is 12.6 Å². The molecule has 2 nitrogen and oxygen atoms in total. The SMILES string of the molecule is C#CCN(CCC)c1ccc(F)cc1[C@@H](C)O. The van der Waals surface area contributed by atoms with Gasteiger partial charge in [-0.15, -0.1) is 6.42 Å². The van der Waals surface area contributed by atoms with Crippen molar-refractivity contribution in [1.29, 1.82) is 0 Å². The van der Waals surface area contributed by atoms with Crippen molar-refractivity contribution in [2.45, 2.75) is 26.4 Å². The molecule has 0 unspecified atom stereocenters. The Morgan fingerprint density at radius 3 is 2.76 bits per heavy atom. The minimum Gasteiger partial charge on any atom is -0.389 e. The number of rotatable bonds is 5. The third-order valence-corrected chi connectivity index (χ3v) is 2.56. The first-order valence-electron chi connectivity index (χ1n) is 5.76. The van der Waals surface area contributed by atoms with Crippen molar-refractivity contribution in [3.8, 4) is 12.3 Å². The first-order chi connectivity index (χ1) is 8.10.